The first-order valence-electron chi connectivity index (χ1n) is 10.3. The monoisotopic (exact) mass is 487 g/mol. The fourth-order valence-corrected chi connectivity index (χ4v) is 6.40. The first kappa shape index (κ1) is 23.2. The Morgan fingerprint density at radius 3 is 2.76 bits per heavy atom. The zero-order valence-electron chi connectivity index (χ0n) is 17.9. The Morgan fingerprint density at radius 1 is 1.30 bits per heavy atom. The van der Waals surface area contributed by atoms with Gasteiger partial charge >= 0.3 is 0 Å². The number of halogens is 1. The van der Waals surface area contributed by atoms with Crippen LogP contribution in [0.25, 0.3) is 10.2 Å². The summed E-state index contributed by atoms with van der Waals surface area (Å²) in [5.74, 6) is 1.71. The number of hydrogen-bond donors (Lipinski definition) is 0. The van der Waals surface area contributed by atoms with Crippen molar-refractivity contribution in [3.05, 3.63) is 53.1 Å². The van der Waals surface area contributed by atoms with Gasteiger partial charge in [-0.25, -0.2) is 12.8 Å². The van der Waals surface area contributed by atoms with Crippen LogP contribution in [-0.4, -0.2) is 43.4 Å². The van der Waals surface area contributed by atoms with E-state index in [-0.39, 0.29) is 23.8 Å². The summed E-state index contributed by atoms with van der Waals surface area (Å²) < 4.78 is 48.5. The summed E-state index contributed by atoms with van der Waals surface area (Å²) in [6, 6.07) is 10.5. The zero-order valence-corrected chi connectivity index (χ0v) is 19.5. The van der Waals surface area contributed by atoms with Crippen molar-refractivity contribution >= 4 is 37.5 Å². The SMILES string of the molecule is C#CCn1c(=NC(=O)C2CCCN(S(=O)(=O)c3ccc(OC)cc3)C2)sc2cc(F)ccc21. The molecule has 1 amide bonds. The van der Waals surface area contributed by atoms with Crippen LogP contribution >= 0.6 is 11.3 Å². The van der Waals surface area contributed by atoms with Gasteiger partial charge < -0.3 is 9.30 Å². The van der Waals surface area contributed by atoms with Crippen molar-refractivity contribution in [2.24, 2.45) is 10.9 Å². The van der Waals surface area contributed by atoms with E-state index in [0.717, 1.165) is 0 Å². The molecule has 1 fully saturated rings. The molecule has 1 aliphatic heterocycles. The molecule has 0 radical (unpaired) electrons. The molecule has 33 heavy (non-hydrogen) atoms. The number of piperidine rings is 1. The number of nitrogens with zero attached hydrogens (tertiary/aromatic N) is 3. The van der Waals surface area contributed by atoms with Gasteiger partial charge in [0.05, 0.1) is 34.7 Å². The summed E-state index contributed by atoms with van der Waals surface area (Å²) >= 11 is 1.17. The van der Waals surface area contributed by atoms with Gasteiger partial charge in [-0.2, -0.15) is 9.30 Å². The Kier molecular flexibility index (Phi) is 6.65. The Hall–Kier alpha value is -3.00. The summed E-state index contributed by atoms with van der Waals surface area (Å²) in [7, 11) is -2.25. The van der Waals surface area contributed by atoms with E-state index >= 15 is 0 Å². The number of methoxy groups -OCH3 is 1. The van der Waals surface area contributed by atoms with E-state index in [0.29, 0.717) is 40.2 Å². The molecule has 1 atom stereocenters. The van der Waals surface area contributed by atoms with Crippen LogP contribution in [0.1, 0.15) is 12.8 Å². The van der Waals surface area contributed by atoms with Crippen molar-refractivity contribution in [2.45, 2.75) is 24.3 Å². The van der Waals surface area contributed by atoms with Crippen molar-refractivity contribution in [3.63, 3.8) is 0 Å². The fourth-order valence-electron chi connectivity index (χ4n) is 3.82. The normalized spacial score (nSPS) is 17.7. The molecule has 4 rings (SSSR count). The van der Waals surface area contributed by atoms with Crippen LogP contribution in [0, 0.1) is 24.1 Å². The first-order valence-corrected chi connectivity index (χ1v) is 12.5. The van der Waals surface area contributed by atoms with E-state index < -0.39 is 21.8 Å². The molecular formula is C23H22FN3O4S2. The van der Waals surface area contributed by atoms with Gasteiger partial charge in [-0.05, 0) is 55.3 Å². The predicted molar refractivity (Wildman–Crippen MR) is 124 cm³/mol. The summed E-state index contributed by atoms with van der Waals surface area (Å²) in [4.78, 5) is 17.8. The molecule has 0 bridgehead atoms. The predicted octanol–water partition coefficient (Wildman–Crippen LogP) is 3.01. The van der Waals surface area contributed by atoms with Crippen molar-refractivity contribution in [1.82, 2.24) is 8.87 Å². The lowest BCUT2D eigenvalue weighted by Crippen LogP contribution is -2.42. The van der Waals surface area contributed by atoms with Gasteiger partial charge in [-0.1, -0.05) is 17.3 Å². The molecule has 0 aliphatic carbocycles. The largest absolute Gasteiger partial charge is 0.497 e. The number of amides is 1. The quantitative estimate of drug-likeness (QED) is 0.518. The lowest BCUT2D eigenvalue weighted by atomic mass is 9.99. The van der Waals surface area contributed by atoms with E-state index in [1.54, 1.807) is 22.8 Å². The minimum absolute atomic E-state index is 0.0470. The van der Waals surface area contributed by atoms with Crippen LogP contribution in [0.2, 0.25) is 0 Å². The minimum Gasteiger partial charge on any atom is -0.497 e. The van der Waals surface area contributed by atoms with E-state index in [1.165, 1.54) is 47.0 Å². The number of carbonyl (C=O) groups excluding carboxylic acids is 1. The summed E-state index contributed by atoms with van der Waals surface area (Å²) in [6.45, 7) is 0.559. The molecule has 172 valence electrons. The van der Waals surface area contributed by atoms with Crippen molar-refractivity contribution in [3.8, 4) is 18.1 Å². The highest BCUT2D eigenvalue weighted by molar-refractivity contribution is 7.89. The lowest BCUT2D eigenvalue weighted by Gasteiger charge is -2.30. The number of benzene rings is 2. The highest BCUT2D eigenvalue weighted by atomic mass is 32.2. The molecule has 0 N–H and O–H groups in total. The van der Waals surface area contributed by atoms with Crippen LogP contribution < -0.4 is 9.54 Å². The summed E-state index contributed by atoms with van der Waals surface area (Å²) in [6.07, 6.45) is 6.55. The average molecular weight is 488 g/mol. The second kappa shape index (κ2) is 9.47. The number of carbonyl (C=O) groups is 1. The van der Waals surface area contributed by atoms with Gasteiger partial charge in [0, 0.05) is 13.1 Å². The third-order valence-electron chi connectivity index (χ3n) is 5.53. The van der Waals surface area contributed by atoms with E-state index in [4.69, 9.17) is 11.2 Å². The van der Waals surface area contributed by atoms with Crippen LogP contribution in [0.3, 0.4) is 0 Å². The highest BCUT2D eigenvalue weighted by Crippen LogP contribution is 2.26. The van der Waals surface area contributed by atoms with E-state index in [1.807, 2.05) is 0 Å². The molecule has 2 heterocycles. The second-order valence-electron chi connectivity index (χ2n) is 7.61. The molecular weight excluding hydrogens is 465 g/mol. The number of terminal acetylenes is 1. The topological polar surface area (TPSA) is 81.0 Å². The smallest absolute Gasteiger partial charge is 0.252 e. The maximum atomic E-state index is 13.6. The Bertz CT molecular complexity index is 1400. The fraction of sp³-hybridized carbons (Fsp3) is 0.304. The second-order valence-corrected chi connectivity index (χ2v) is 10.6. The summed E-state index contributed by atoms with van der Waals surface area (Å²) in [5.41, 5.74) is 0.693. The van der Waals surface area contributed by atoms with E-state index in [9.17, 15) is 17.6 Å². The van der Waals surface area contributed by atoms with E-state index in [2.05, 4.69) is 10.9 Å². The molecule has 10 heteroatoms. The number of hydrogen-bond acceptors (Lipinski definition) is 5. The molecule has 0 spiro atoms. The molecule has 0 saturated carbocycles. The molecule has 1 saturated heterocycles. The number of fused-ring (bicyclic) bond motifs is 1. The Labute approximate surface area is 195 Å². The lowest BCUT2D eigenvalue weighted by molar-refractivity contribution is -0.122. The number of sulfonamides is 1. The third kappa shape index (κ3) is 4.71. The van der Waals surface area contributed by atoms with Gasteiger partial charge in [0.25, 0.3) is 5.91 Å². The first-order chi connectivity index (χ1) is 15.8. The van der Waals surface area contributed by atoms with Gasteiger partial charge in [0.2, 0.25) is 10.0 Å². The maximum Gasteiger partial charge on any atom is 0.252 e. The van der Waals surface area contributed by atoms with Gasteiger partial charge in [0.15, 0.2) is 4.80 Å². The number of aromatic nitrogens is 1. The summed E-state index contributed by atoms with van der Waals surface area (Å²) in [5, 5.41) is 0. The standard InChI is InChI=1S/C23H22FN3O4S2/c1-3-12-27-20-11-6-17(24)14-21(20)32-23(27)25-22(28)16-5-4-13-26(15-16)33(29,30)19-9-7-18(31-2)8-10-19/h1,6-11,14,16H,4-5,12-13,15H2,2H3. The minimum atomic E-state index is -3.76. The van der Waals surface area contributed by atoms with Crippen LogP contribution in [0.4, 0.5) is 4.39 Å². The maximum absolute atomic E-state index is 13.6. The Morgan fingerprint density at radius 2 is 2.06 bits per heavy atom. The molecule has 7 nitrogen and oxygen atoms in total. The molecule has 1 aromatic heterocycles. The number of rotatable bonds is 5. The van der Waals surface area contributed by atoms with Crippen molar-refractivity contribution in [2.75, 3.05) is 20.2 Å². The molecule has 1 aliphatic rings. The van der Waals surface area contributed by atoms with Gasteiger partial charge in [-0.15, -0.1) is 6.42 Å². The average Bonchev–Trinajstić information content (AvgIpc) is 3.15. The molecule has 1 unspecified atom stereocenters. The number of ether oxygens (including phenoxy) is 1. The zero-order chi connectivity index (χ0) is 23.6. The highest BCUT2D eigenvalue weighted by Gasteiger charge is 2.33. The molecule has 2 aromatic carbocycles. The van der Waals surface area contributed by atoms with Crippen molar-refractivity contribution < 1.29 is 22.3 Å². The molecule has 3 aromatic rings. The number of thiazole rings is 1. The van der Waals surface area contributed by atoms with Crippen LogP contribution in [-0.2, 0) is 21.4 Å². The van der Waals surface area contributed by atoms with Crippen LogP contribution in [0.5, 0.6) is 5.75 Å². The van der Waals surface area contributed by atoms with Gasteiger partial charge in [0.1, 0.15) is 11.6 Å². The third-order valence-corrected chi connectivity index (χ3v) is 8.45. The van der Waals surface area contributed by atoms with Crippen molar-refractivity contribution in [1.29, 1.82) is 0 Å². The van der Waals surface area contributed by atoms with Crippen LogP contribution in [0.15, 0.2) is 52.4 Å². The van der Waals surface area contributed by atoms with Gasteiger partial charge in [-0.3, -0.25) is 4.79 Å². The Balaban J connectivity index is 1.61.